The Hall–Kier alpha value is -0.950. The maximum atomic E-state index is 12.1. The zero-order chi connectivity index (χ0) is 23.4. The Morgan fingerprint density at radius 2 is 1.16 bits per heavy atom. The molecular weight excluding hydrogens is 423 g/mol. The molecule has 0 aromatic heterocycles. The Kier molecular flexibility index (Phi) is 19.1. The van der Waals surface area contributed by atoms with Gasteiger partial charge in [-0.05, 0) is 12.8 Å². The summed E-state index contributed by atoms with van der Waals surface area (Å²) in [5.74, 6) is -0.915. The maximum Gasteiger partial charge on any atom is 0.469 e. The van der Waals surface area contributed by atoms with Crippen molar-refractivity contribution in [1.82, 2.24) is 0 Å². The Morgan fingerprint density at radius 3 is 1.71 bits per heavy atom. The first-order valence-corrected chi connectivity index (χ1v) is 13.4. The molecule has 8 nitrogen and oxygen atoms in total. The quantitative estimate of drug-likeness (QED) is 0.130. The third-order valence-corrected chi connectivity index (χ3v) is 5.36. The second-order valence-corrected chi connectivity index (χ2v) is 9.21. The van der Waals surface area contributed by atoms with E-state index in [2.05, 4.69) is 11.4 Å². The standard InChI is InChI=1S/C22H43O8P/c1-3-5-7-8-9-10-11-12-13-15-17-22(24)30-20(19-29-31(25,26)27)18-28-21(23)16-14-6-4-2/h20H,3-19H2,1-2H3,(H2,25,26,27). The van der Waals surface area contributed by atoms with Crippen LogP contribution >= 0.6 is 7.82 Å². The van der Waals surface area contributed by atoms with Gasteiger partial charge in [0.2, 0.25) is 0 Å². The topological polar surface area (TPSA) is 119 Å². The summed E-state index contributed by atoms with van der Waals surface area (Å²) in [6.45, 7) is 3.42. The summed E-state index contributed by atoms with van der Waals surface area (Å²) in [6.07, 6.45) is 13.5. The molecule has 0 bridgehead atoms. The number of hydrogen-bond acceptors (Lipinski definition) is 6. The number of phosphoric ester groups is 1. The molecule has 0 fully saturated rings. The summed E-state index contributed by atoms with van der Waals surface area (Å²) in [7, 11) is -4.71. The lowest BCUT2D eigenvalue weighted by molar-refractivity contribution is -0.161. The Labute approximate surface area is 187 Å². The van der Waals surface area contributed by atoms with E-state index in [1.54, 1.807) is 0 Å². The monoisotopic (exact) mass is 466 g/mol. The van der Waals surface area contributed by atoms with E-state index in [-0.39, 0.29) is 19.4 Å². The van der Waals surface area contributed by atoms with Crippen molar-refractivity contribution >= 4 is 19.8 Å². The molecule has 0 aromatic rings. The predicted octanol–water partition coefficient (Wildman–Crippen LogP) is 5.44. The van der Waals surface area contributed by atoms with Crippen LogP contribution in [0.4, 0.5) is 0 Å². The van der Waals surface area contributed by atoms with E-state index in [9.17, 15) is 14.2 Å². The highest BCUT2D eigenvalue weighted by Gasteiger charge is 2.22. The van der Waals surface area contributed by atoms with Gasteiger partial charge in [-0.2, -0.15) is 0 Å². The van der Waals surface area contributed by atoms with Crippen LogP contribution in [0.2, 0.25) is 0 Å². The number of phosphoric acid groups is 1. The molecular formula is C22H43O8P. The van der Waals surface area contributed by atoms with Crippen LogP contribution in [0.1, 0.15) is 110 Å². The molecule has 2 N–H and O–H groups in total. The summed E-state index contributed by atoms with van der Waals surface area (Å²) >= 11 is 0. The van der Waals surface area contributed by atoms with E-state index in [0.29, 0.717) is 12.8 Å². The largest absolute Gasteiger partial charge is 0.469 e. The SMILES string of the molecule is CCCCCCCCCCCCC(=O)OC(COC(=O)CCCCC)COP(=O)(O)O. The van der Waals surface area contributed by atoms with Crippen molar-refractivity contribution < 1.29 is 37.9 Å². The van der Waals surface area contributed by atoms with Gasteiger partial charge in [0, 0.05) is 12.8 Å². The van der Waals surface area contributed by atoms with E-state index in [4.69, 9.17) is 19.3 Å². The summed E-state index contributed by atoms with van der Waals surface area (Å²) < 4.78 is 25.6. The van der Waals surface area contributed by atoms with Crippen LogP contribution in [0.5, 0.6) is 0 Å². The van der Waals surface area contributed by atoms with Crippen molar-refractivity contribution in [2.45, 2.75) is 116 Å². The van der Waals surface area contributed by atoms with Crippen LogP contribution < -0.4 is 0 Å². The van der Waals surface area contributed by atoms with Gasteiger partial charge in [0.1, 0.15) is 6.61 Å². The van der Waals surface area contributed by atoms with Gasteiger partial charge in [0.15, 0.2) is 6.10 Å². The van der Waals surface area contributed by atoms with Gasteiger partial charge in [-0.25, -0.2) is 4.57 Å². The minimum Gasteiger partial charge on any atom is -0.462 e. The molecule has 1 unspecified atom stereocenters. The molecule has 0 radical (unpaired) electrons. The molecule has 31 heavy (non-hydrogen) atoms. The van der Waals surface area contributed by atoms with Crippen LogP contribution in [0.25, 0.3) is 0 Å². The van der Waals surface area contributed by atoms with Gasteiger partial charge in [0.05, 0.1) is 6.61 Å². The highest BCUT2D eigenvalue weighted by Crippen LogP contribution is 2.35. The lowest BCUT2D eigenvalue weighted by atomic mass is 10.1. The van der Waals surface area contributed by atoms with Crippen LogP contribution in [0.15, 0.2) is 0 Å². The molecule has 0 rings (SSSR count). The number of ether oxygens (including phenoxy) is 2. The molecule has 0 aliphatic rings. The first-order chi connectivity index (χ1) is 14.8. The Bertz CT molecular complexity index is 506. The van der Waals surface area contributed by atoms with Crippen molar-refractivity contribution in [3.8, 4) is 0 Å². The van der Waals surface area contributed by atoms with Crippen LogP contribution in [0.3, 0.4) is 0 Å². The number of hydrogen-bond donors (Lipinski definition) is 2. The summed E-state index contributed by atoms with van der Waals surface area (Å²) in [5.41, 5.74) is 0. The summed E-state index contributed by atoms with van der Waals surface area (Å²) in [6, 6.07) is 0. The van der Waals surface area contributed by atoms with Crippen LogP contribution in [-0.2, 0) is 28.2 Å². The molecule has 0 aliphatic carbocycles. The van der Waals surface area contributed by atoms with E-state index in [0.717, 1.165) is 32.1 Å². The minimum absolute atomic E-state index is 0.216. The van der Waals surface area contributed by atoms with Crippen molar-refractivity contribution in [2.75, 3.05) is 13.2 Å². The smallest absolute Gasteiger partial charge is 0.462 e. The average Bonchev–Trinajstić information content (AvgIpc) is 2.71. The van der Waals surface area contributed by atoms with E-state index in [1.165, 1.54) is 38.5 Å². The predicted molar refractivity (Wildman–Crippen MR) is 119 cm³/mol. The number of unbranched alkanes of at least 4 members (excludes halogenated alkanes) is 11. The number of rotatable bonds is 21. The van der Waals surface area contributed by atoms with Gasteiger partial charge in [0.25, 0.3) is 0 Å². The van der Waals surface area contributed by atoms with E-state index < -0.39 is 32.5 Å². The van der Waals surface area contributed by atoms with Gasteiger partial charge < -0.3 is 19.3 Å². The molecule has 184 valence electrons. The normalized spacial score (nSPS) is 12.5. The maximum absolute atomic E-state index is 12.1. The Morgan fingerprint density at radius 1 is 0.710 bits per heavy atom. The summed E-state index contributed by atoms with van der Waals surface area (Å²) in [5, 5.41) is 0. The fraction of sp³-hybridized carbons (Fsp3) is 0.909. The molecule has 9 heteroatoms. The van der Waals surface area contributed by atoms with E-state index in [1.807, 2.05) is 6.92 Å². The van der Waals surface area contributed by atoms with Gasteiger partial charge >= 0.3 is 19.8 Å². The average molecular weight is 467 g/mol. The molecule has 0 amide bonds. The molecule has 1 atom stereocenters. The first-order valence-electron chi connectivity index (χ1n) is 11.8. The number of carbonyl (C=O) groups excluding carboxylic acids is 2. The van der Waals surface area contributed by atoms with Crippen LogP contribution in [-0.4, -0.2) is 41.0 Å². The first kappa shape index (κ1) is 30.0. The van der Waals surface area contributed by atoms with Crippen molar-refractivity contribution in [1.29, 1.82) is 0 Å². The minimum atomic E-state index is -4.71. The van der Waals surface area contributed by atoms with Gasteiger partial charge in [-0.15, -0.1) is 0 Å². The third-order valence-electron chi connectivity index (χ3n) is 4.88. The fourth-order valence-electron chi connectivity index (χ4n) is 3.08. The highest BCUT2D eigenvalue weighted by molar-refractivity contribution is 7.46. The molecule has 0 heterocycles. The number of esters is 2. The fourth-order valence-corrected chi connectivity index (χ4v) is 3.44. The Balaban J connectivity index is 4.09. The number of carbonyl (C=O) groups is 2. The summed E-state index contributed by atoms with van der Waals surface area (Å²) in [4.78, 5) is 41.5. The van der Waals surface area contributed by atoms with Gasteiger partial charge in [-0.1, -0.05) is 84.5 Å². The van der Waals surface area contributed by atoms with Crippen molar-refractivity contribution in [2.24, 2.45) is 0 Å². The van der Waals surface area contributed by atoms with Crippen LogP contribution in [0, 0.1) is 0 Å². The third kappa shape index (κ3) is 22.0. The van der Waals surface area contributed by atoms with E-state index >= 15 is 0 Å². The molecule has 0 aromatic carbocycles. The lowest BCUT2D eigenvalue weighted by Gasteiger charge is -2.18. The second kappa shape index (κ2) is 19.7. The molecule has 0 saturated carbocycles. The highest BCUT2D eigenvalue weighted by atomic mass is 31.2. The van der Waals surface area contributed by atoms with Crippen molar-refractivity contribution in [3.05, 3.63) is 0 Å². The molecule has 0 saturated heterocycles. The zero-order valence-corrected chi connectivity index (χ0v) is 20.3. The molecule has 0 spiro atoms. The molecule has 0 aliphatic heterocycles. The van der Waals surface area contributed by atoms with Crippen molar-refractivity contribution in [3.63, 3.8) is 0 Å². The lowest BCUT2D eigenvalue weighted by Crippen LogP contribution is -2.29. The van der Waals surface area contributed by atoms with Gasteiger partial charge in [-0.3, -0.25) is 14.1 Å². The second-order valence-electron chi connectivity index (χ2n) is 7.97. The zero-order valence-electron chi connectivity index (χ0n) is 19.4.